The maximum atomic E-state index is 10.9. The van der Waals surface area contributed by atoms with Crippen molar-refractivity contribution < 1.29 is 19.4 Å². The van der Waals surface area contributed by atoms with Crippen LogP contribution in [0, 0.1) is 13.8 Å². The Labute approximate surface area is 121 Å². The van der Waals surface area contributed by atoms with Crippen LogP contribution in [0.5, 0.6) is 11.5 Å². The van der Waals surface area contributed by atoms with Crippen molar-refractivity contribution in [3.8, 4) is 11.5 Å². The van der Waals surface area contributed by atoms with E-state index in [1.807, 2.05) is 26.0 Å². The standard InChI is InChI=1S/C15H16O4S/c1-10-7-11(2)9-12(8-10)18-4-5-19-13-3-6-20-14(13)15(16)17/h3,6-9H,4-5H2,1-2H3,(H,16,17). The van der Waals surface area contributed by atoms with Gasteiger partial charge in [0.2, 0.25) is 0 Å². The van der Waals surface area contributed by atoms with Crippen LogP contribution in [0.25, 0.3) is 0 Å². The summed E-state index contributed by atoms with van der Waals surface area (Å²) in [5.41, 5.74) is 2.29. The second-order valence-electron chi connectivity index (χ2n) is 4.44. The van der Waals surface area contributed by atoms with Gasteiger partial charge >= 0.3 is 5.97 Å². The van der Waals surface area contributed by atoms with Gasteiger partial charge in [-0.2, -0.15) is 0 Å². The molecule has 1 aromatic heterocycles. The first-order chi connectivity index (χ1) is 9.56. The van der Waals surface area contributed by atoms with E-state index < -0.39 is 5.97 Å². The van der Waals surface area contributed by atoms with Gasteiger partial charge in [-0.3, -0.25) is 0 Å². The van der Waals surface area contributed by atoms with Gasteiger partial charge < -0.3 is 14.6 Å². The van der Waals surface area contributed by atoms with Crippen LogP contribution in [0.2, 0.25) is 0 Å². The van der Waals surface area contributed by atoms with Crippen LogP contribution in [0.15, 0.2) is 29.6 Å². The van der Waals surface area contributed by atoms with Crippen LogP contribution >= 0.6 is 11.3 Å². The van der Waals surface area contributed by atoms with Crippen molar-refractivity contribution in [1.29, 1.82) is 0 Å². The lowest BCUT2D eigenvalue weighted by Crippen LogP contribution is -2.10. The minimum absolute atomic E-state index is 0.219. The van der Waals surface area contributed by atoms with E-state index in [4.69, 9.17) is 14.6 Å². The summed E-state index contributed by atoms with van der Waals surface area (Å²) in [6, 6.07) is 7.65. The second-order valence-corrected chi connectivity index (χ2v) is 5.36. The monoisotopic (exact) mass is 292 g/mol. The van der Waals surface area contributed by atoms with Crippen LogP contribution in [0.4, 0.5) is 0 Å². The number of aryl methyl sites for hydroxylation is 2. The minimum Gasteiger partial charge on any atom is -0.490 e. The molecule has 0 atom stereocenters. The van der Waals surface area contributed by atoms with Crippen LogP contribution in [0.1, 0.15) is 20.8 Å². The number of benzene rings is 1. The van der Waals surface area contributed by atoms with Gasteiger partial charge in [0.25, 0.3) is 0 Å². The van der Waals surface area contributed by atoms with E-state index in [1.165, 1.54) is 0 Å². The average molecular weight is 292 g/mol. The van der Waals surface area contributed by atoms with E-state index in [2.05, 4.69) is 6.07 Å². The number of hydrogen-bond donors (Lipinski definition) is 1. The largest absolute Gasteiger partial charge is 0.490 e. The van der Waals surface area contributed by atoms with Gasteiger partial charge in [-0.15, -0.1) is 11.3 Å². The molecule has 1 heterocycles. The highest BCUT2D eigenvalue weighted by atomic mass is 32.1. The van der Waals surface area contributed by atoms with E-state index in [-0.39, 0.29) is 4.88 Å². The molecule has 2 rings (SSSR count). The Morgan fingerprint density at radius 1 is 1.15 bits per heavy atom. The molecule has 0 aliphatic rings. The summed E-state index contributed by atoms with van der Waals surface area (Å²) in [5.74, 6) is 0.228. The van der Waals surface area contributed by atoms with E-state index in [9.17, 15) is 4.79 Å². The van der Waals surface area contributed by atoms with Crippen molar-refractivity contribution in [3.05, 3.63) is 45.6 Å². The first-order valence-electron chi connectivity index (χ1n) is 6.21. The van der Waals surface area contributed by atoms with Gasteiger partial charge in [-0.25, -0.2) is 4.79 Å². The first kappa shape index (κ1) is 14.4. The van der Waals surface area contributed by atoms with E-state index in [0.29, 0.717) is 19.0 Å². The highest BCUT2D eigenvalue weighted by Gasteiger charge is 2.12. The van der Waals surface area contributed by atoms with E-state index >= 15 is 0 Å². The summed E-state index contributed by atoms with van der Waals surface area (Å²) in [5, 5.41) is 10.6. The van der Waals surface area contributed by atoms with Gasteiger partial charge in [-0.05, 0) is 48.6 Å². The summed E-state index contributed by atoms with van der Waals surface area (Å²) in [6.07, 6.45) is 0. The molecular weight excluding hydrogens is 276 g/mol. The normalized spacial score (nSPS) is 10.3. The van der Waals surface area contributed by atoms with Gasteiger partial charge in [0.05, 0.1) is 0 Å². The SMILES string of the molecule is Cc1cc(C)cc(OCCOc2ccsc2C(=O)O)c1. The summed E-state index contributed by atoms with van der Waals surface area (Å²) < 4.78 is 11.0. The number of rotatable bonds is 6. The van der Waals surface area contributed by atoms with E-state index in [1.54, 1.807) is 11.4 Å². The van der Waals surface area contributed by atoms with Gasteiger partial charge in [0.1, 0.15) is 24.7 Å². The summed E-state index contributed by atoms with van der Waals surface area (Å²) >= 11 is 1.15. The molecule has 0 saturated carbocycles. The number of carboxylic acid groups (broad SMARTS) is 1. The van der Waals surface area contributed by atoms with Crippen LogP contribution in [-0.2, 0) is 0 Å². The molecule has 106 valence electrons. The predicted octanol–water partition coefficient (Wildman–Crippen LogP) is 3.52. The molecule has 0 radical (unpaired) electrons. The maximum Gasteiger partial charge on any atom is 0.349 e. The molecule has 5 heteroatoms. The van der Waals surface area contributed by atoms with Crippen molar-refractivity contribution >= 4 is 17.3 Å². The number of carbonyl (C=O) groups is 1. The van der Waals surface area contributed by atoms with Crippen LogP contribution in [-0.4, -0.2) is 24.3 Å². The van der Waals surface area contributed by atoms with Crippen molar-refractivity contribution in [3.63, 3.8) is 0 Å². The molecule has 2 aromatic rings. The molecular formula is C15H16O4S. The molecule has 0 amide bonds. The third-order valence-electron chi connectivity index (χ3n) is 2.63. The molecule has 1 aromatic carbocycles. The van der Waals surface area contributed by atoms with Gasteiger partial charge in [0.15, 0.2) is 4.88 Å². The highest BCUT2D eigenvalue weighted by Crippen LogP contribution is 2.24. The Bertz CT molecular complexity index is 583. The lowest BCUT2D eigenvalue weighted by atomic mass is 10.1. The lowest BCUT2D eigenvalue weighted by molar-refractivity contribution is 0.0697. The van der Waals surface area contributed by atoms with Crippen molar-refractivity contribution in [2.45, 2.75) is 13.8 Å². The molecule has 1 N–H and O–H groups in total. The van der Waals surface area contributed by atoms with Crippen molar-refractivity contribution in [2.75, 3.05) is 13.2 Å². The van der Waals surface area contributed by atoms with Crippen molar-refractivity contribution in [1.82, 2.24) is 0 Å². The Balaban J connectivity index is 1.84. The zero-order valence-electron chi connectivity index (χ0n) is 11.4. The number of thiophene rings is 1. The first-order valence-corrected chi connectivity index (χ1v) is 7.09. The number of carboxylic acids is 1. The number of hydrogen-bond acceptors (Lipinski definition) is 4. The average Bonchev–Trinajstić information content (AvgIpc) is 2.82. The van der Waals surface area contributed by atoms with Crippen LogP contribution in [0.3, 0.4) is 0 Å². The zero-order chi connectivity index (χ0) is 14.5. The molecule has 20 heavy (non-hydrogen) atoms. The zero-order valence-corrected chi connectivity index (χ0v) is 12.2. The minimum atomic E-state index is -0.967. The molecule has 0 unspecified atom stereocenters. The van der Waals surface area contributed by atoms with Crippen LogP contribution < -0.4 is 9.47 Å². The summed E-state index contributed by atoms with van der Waals surface area (Å²) in [6.45, 7) is 4.71. The third kappa shape index (κ3) is 3.74. The highest BCUT2D eigenvalue weighted by molar-refractivity contribution is 7.12. The Morgan fingerprint density at radius 2 is 1.80 bits per heavy atom. The molecule has 4 nitrogen and oxygen atoms in total. The third-order valence-corrected chi connectivity index (χ3v) is 3.51. The molecule has 0 aliphatic heterocycles. The topological polar surface area (TPSA) is 55.8 Å². The number of aromatic carboxylic acids is 1. The Morgan fingerprint density at radius 3 is 2.45 bits per heavy atom. The smallest absolute Gasteiger partial charge is 0.349 e. The fourth-order valence-electron chi connectivity index (χ4n) is 1.89. The molecule has 0 aliphatic carbocycles. The quantitative estimate of drug-likeness (QED) is 0.828. The fraction of sp³-hybridized carbons (Fsp3) is 0.267. The number of ether oxygens (including phenoxy) is 2. The Hall–Kier alpha value is -2.01. The molecule has 0 bridgehead atoms. The second kappa shape index (κ2) is 6.43. The van der Waals surface area contributed by atoms with Gasteiger partial charge in [-0.1, -0.05) is 6.07 Å². The maximum absolute atomic E-state index is 10.9. The lowest BCUT2D eigenvalue weighted by Gasteiger charge is -2.09. The van der Waals surface area contributed by atoms with Gasteiger partial charge in [0, 0.05) is 0 Å². The molecule has 0 saturated heterocycles. The molecule has 0 spiro atoms. The summed E-state index contributed by atoms with van der Waals surface area (Å²) in [7, 11) is 0. The van der Waals surface area contributed by atoms with E-state index in [0.717, 1.165) is 28.2 Å². The Kier molecular flexibility index (Phi) is 4.63. The van der Waals surface area contributed by atoms with Crippen molar-refractivity contribution in [2.24, 2.45) is 0 Å². The predicted molar refractivity (Wildman–Crippen MR) is 78.2 cm³/mol. The summed E-state index contributed by atoms with van der Waals surface area (Å²) in [4.78, 5) is 11.1. The molecule has 0 fully saturated rings. The fourth-order valence-corrected chi connectivity index (χ4v) is 2.57.